The van der Waals surface area contributed by atoms with E-state index in [9.17, 15) is 24.6 Å². The van der Waals surface area contributed by atoms with Crippen molar-refractivity contribution in [2.45, 2.75) is 141 Å². The predicted molar refractivity (Wildman–Crippen MR) is 206 cm³/mol. The molecule has 0 saturated heterocycles. The van der Waals surface area contributed by atoms with E-state index in [0.717, 1.165) is 57.1 Å². The summed E-state index contributed by atoms with van der Waals surface area (Å²) in [6.07, 6.45) is 12.1. The normalized spacial score (nSPS) is 18.7. The van der Waals surface area contributed by atoms with Crippen LogP contribution in [0, 0.1) is 23.7 Å². The Labute approximate surface area is 315 Å². The zero-order chi connectivity index (χ0) is 37.6. The number of nitrogens with one attached hydrogen (secondary N) is 1. The van der Waals surface area contributed by atoms with Crippen molar-refractivity contribution in [3.05, 3.63) is 41.2 Å². The van der Waals surface area contributed by atoms with Gasteiger partial charge in [0.1, 0.15) is 6.10 Å². The summed E-state index contributed by atoms with van der Waals surface area (Å²) in [5.74, 6) is -0.800. The van der Waals surface area contributed by atoms with E-state index >= 15 is 0 Å². The Kier molecular flexibility index (Phi) is 16.8. The lowest BCUT2D eigenvalue weighted by molar-refractivity contribution is -0.145. The zero-order valence-electron chi connectivity index (χ0n) is 31.9. The van der Waals surface area contributed by atoms with Gasteiger partial charge in [-0.25, -0.2) is 4.98 Å². The first-order valence-corrected chi connectivity index (χ1v) is 20.6. The van der Waals surface area contributed by atoms with E-state index in [4.69, 9.17) is 5.73 Å². The minimum absolute atomic E-state index is 0.0718. The van der Waals surface area contributed by atoms with Crippen molar-refractivity contribution in [2.75, 3.05) is 25.9 Å². The average Bonchev–Trinajstić information content (AvgIpc) is 3.56. The number of likely N-dealkylation sites (N-methyl/N-ethyl adjacent to an activating group) is 1. The number of nitrogens with zero attached hydrogens (tertiary/aromatic N) is 4. The Morgan fingerprint density at radius 3 is 2.29 bits per heavy atom. The molecular formula is C40H64N6O5S. The lowest BCUT2D eigenvalue weighted by atomic mass is 9.82. The van der Waals surface area contributed by atoms with E-state index in [1.54, 1.807) is 23.0 Å². The second-order valence-electron chi connectivity index (χ2n) is 15.9. The van der Waals surface area contributed by atoms with Gasteiger partial charge in [0, 0.05) is 56.2 Å². The van der Waals surface area contributed by atoms with Crippen LogP contribution in [0.3, 0.4) is 0 Å². The maximum absolute atomic E-state index is 14.5. The molecule has 12 heteroatoms. The number of aromatic nitrogens is 2. The molecule has 11 nitrogen and oxygen atoms in total. The first kappa shape index (κ1) is 41.7. The Bertz CT molecular complexity index is 1380. The predicted octanol–water partition coefficient (Wildman–Crippen LogP) is 5.39. The standard InChI is InChI=1S/C40H64N6O5S/c1-27(2)21-35(47)38(50)34(22-29-13-7-5-8-14-29)44-39(51)31(23-33-26-52-40(41)43-33)24-36(48)46(28(3)30-15-9-6-10-16-30)25-37(49)45(4)20-18-32-17-11-12-19-42-32/h11-12,17,19,26-31,34-35,38,47,50H,5-10,13-16,18,20-25H2,1-4H3,(H2,41,43)(H,44,51)/t28-,31+,34-,35-,38+/m0/s1. The van der Waals surface area contributed by atoms with E-state index < -0.39 is 24.2 Å². The van der Waals surface area contributed by atoms with Crippen LogP contribution in [-0.4, -0.2) is 92.1 Å². The van der Waals surface area contributed by atoms with E-state index in [0.29, 0.717) is 42.6 Å². The second kappa shape index (κ2) is 21.0. The van der Waals surface area contributed by atoms with Gasteiger partial charge in [-0.2, -0.15) is 0 Å². The molecular weight excluding hydrogens is 677 g/mol. The van der Waals surface area contributed by atoms with Gasteiger partial charge in [0.25, 0.3) is 0 Å². The quantitative estimate of drug-likeness (QED) is 0.149. The maximum Gasteiger partial charge on any atom is 0.241 e. The van der Waals surface area contributed by atoms with Crippen molar-refractivity contribution in [3.63, 3.8) is 0 Å². The van der Waals surface area contributed by atoms with Gasteiger partial charge in [-0.15, -0.1) is 11.3 Å². The summed E-state index contributed by atoms with van der Waals surface area (Å²) in [7, 11) is 1.76. The van der Waals surface area contributed by atoms with Crippen LogP contribution in [0.4, 0.5) is 5.13 Å². The van der Waals surface area contributed by atoms with Gasteiger partial charge in [0.05, 0.1) is 30.3 Å². The summed E-state index contributed by atoms with van der Waals surface area (Å²) < 4.78 is 0. The number of nitrogen functional groups attached to an aromatic ring is 1. The second-order valence-corrected chi connectivity index (χ2v) is 16.8. The fraction of sp³-hybridized carbons (Fsp3) is 0.725. The average molecular weight is 741 g/mol. The highest BCUT2D eigenvalue weighted by Crippen LogP contribution is 2.31. The number of aliphatic hydroxyl groups is 2. The molecule has 2 aromatic heterocycles. The summed E-state index contributed by atoms with van der Waals surface area (Å²) in [6.45, 7) is 6.43. The zero-order valence-corrected chi connectivity index (χ0v) is 32.7. The molecule has 0 unspecified atom stereocenters. The molecule has 2 aliphatic carbocycles. The molecule has 0 aromatic carbocycles. The fourth-order valence-corrected chi connectivity index (χ4v) is 8.64. The fourth-order valence-electron chi connectivity index (χ4n) is 8.06. The number of thiazole rings is 1. The number of rotatable bonds is 19. The molecule has 52 heavy (non-hydrogen) atoms. The summed E-state index contributed by atoms with van der Waals surface area (Å²) in [4.78, 5) is 54.6. The molecule has 0 bridgehead atoms. The number of carbonyl (C=O) groups is 3. The van der Waals surface area contributed by atoms with Gasteiger partial charge >= 0.3 is 0 Å². The molecule has 2 heterocycles. The number of hydrogen-bond donors (Lipinski definition) is 4. The molecule has 2 aromatic rings. The van der Waals surface area contributed by atoms with E-state index in [2.05, 4.69) is 15.3 Å². The van der Waals surface area contributed by atoms with Crippen molar-refractivity contribution in [3.8, 4) is 0 Å². The third kappa shape index (κ3) is 13.1. The monoisotopic (exact) mass is 740 g/mol. The molecule has 4 rings (SSSR count). The SMILES string of the molecule is CC(C)C[C@H](O)[C@H](O)[C@H](CC1CCCCC1)NC(=O)[C@@H](CC(=O)N(CC(=O)N(C)CCc1ccccn1)[C@@H](C)C1CCCCC1)Cc1csc(N)n1. The number of anilines is 1. The molecule has 2 fully saturated rings. The number of hydrogen-bond acceptors (Lipinski definition) is 9. The van der Waals surface area contributed by atoms with Crippen LogP contribution >= 0.6 is 11.3 Å². The highest BCUT2D eigenvalue weighted by atomic mass is 32.1. The van der Waals surface area contributed by atoms with Gasteiger partial charge in [-0.3, -0.25) is 19.4 Å². The number of carbonyl (C=O) groups excluding carboxylic acids is 3. The van der Waals surface area contributed by atoms with E-state index in [-0.39, 0.29) is 55.0 Å². The number of aliphatic hydroxyl groups excluding tert-OH is 2. The molecule has 0 radical (unpaired) electrons. The minimum atomic E-state index is -1.14. The Balaban J connectivity index is 1.55. The Morgan fingerprint density at radius 2 is 1.67 bits per heavy atom. The lowest BCUT2D eigenvalue weighted by Crippen LogP contribution is -2.53. The topological polar surface area (TPSA) is 162 Å². The van der Waals surface area contributed by atoms with Crippen molar-refractivity contribution in [1.82, 2.24) is 25.1 Å². The van der Waals surface area contributed by atoms with Crippen molar-refractivity contribution in [1.29, 1.82) is 0 Å². The third-order valence-electron chi connectivity index (χ3n) is 11.3. The minimum Gasteiger partial charge on any atom is -0.390 e. The van der Waals surface area contributed by atoms with Gasteiger partial charge in [0.15, 0.2) is 5.13 Å². The molecule has 2 aliphatic rings. The van der Waals surface area contributed by atoms with Crippen LogP contribution in [0.25, 0.3) is 0 Å². The van der Waals surface area contributed by atoms with Crippen LogP contribution in [-0.2, 0) is 27.2 Å². The largest absolute Gasteiger partial charge is 0.390 e. The molecule has 5 N–H and O–H groups in total. The summed E-state index contributed by atoms with van der Waals surface area (Å²) in [5, 5.41) is 27.7. The third-order valence-corrected chi connectivity index (χ3v) is 12.0. The molecule has 0 aliphatic heterocycles. The highest BCUT2D eigenvalue weighted by Gasteiger charge is 2.36. The number of nitrogens with two attached hydrogens (primary N) is 1. The van der Waals surface area contributed by atoms with Gasteiger partial charge < -0.3 is 31.1 Å². The van der Waals surface area contributed by atoms with Crippen LogP contribution in [0.5, 0.6) is 0 Å². The van der Waals surface area contributed by atoms with Crippen LogP contribution in [0.2, 0.25) is 0 Å². The van der Waals surface area contributed by atoms with Gasteiger partial charge in [0.2, 0.25) is 17.7 Å². The smallest absolute Gasteiger partial charge is 0.241 e. The molecule has 3 amide bonds. The highest BCUT2D eigenvalue weighted by molar-refractivity contribution is 7.13. The van der Waals surface area contributed by atoms with Crippen molar-refractivity contribution >= 4 is 34.2 Å². The summed E-state index contributed by atoms with van der Waals surface area (Å²) in [5.41, 5.74) is 7.49. The molecule has 5 atom stereocenters. The number of pyridine rings is 1. The van der Waals surface area contributed by atoms with Crippen LogP contribution in [0.15, 0.2) is 29.8 Å². The van der Waals surface area contributed by atoms with E-state index in [1.165, 1.54) is 24.2 Å². The molecule has 0 spiro atoms. The molecule has 290 valence electrons. The van der Waals surface area contributed by atoms with Crippen LogP contribution in [0.1, 0.15) is 116 Å². The lowest BCUT2D eigenvalue weighted by Gasteiger charge is -2.38. The van der Waals surface area contributed by atoms with Gasteiger partial charge in [-0.1, -0.05) is 71.3 Å². The van der Waals surface area contributed by atoms with Crippen LogP contribution < -0.4 is 11.1 Å². The maximum atomic E-state index is 14.5. The number of amides is 3. The Hall–Kier alpha value is -3.09. The first-order chi connectivity index (χ1) is 24.9. The Morgan fingerprint density at radius 1 is 0.981 bits per heavy atom. The van der Waals surface area contributed by atoms with E-state index in [1.807, 2.05) is 44.4 Å². The summed E-state index contributed by atoms with van der Waals surface area (Å²) in [6, 6.07) is 4.89. The molecule has 2 saturated carbocycles. The summed E-state index contributed by atoms with van der Waals surface area (Å²) >= 11 is 1.29. The van der Waals surface area contributed by atoms with Crippen molar-refractivity contribution < 1.29 is 24.6 Å². The van der Waals surface area contributed by atoms with Gasteiger partial charge in [-0.05, 0) is 62.5 Å². The first-order valence-electron chi connectivity index (χ1n) is 19.7. The van der Waals surface area contributed by atoms with Crippen molar-refractivity contribution in [2.24, 2.45) is 23.7 Å².